The summed E-state index contributed by atoms with van der Waals surface area (Å²) in [5.74, 6) is -0.265. The van der Waals surface area contributed by atoms with Gasteiger partial charge in [-0.1, -0.05) is 51.3 Å². The van der Waals surface area contributed by atoms with Gasteiger partial charge in [0.15, 0.2) is 6.20 Å². The van der Waals surface area contributed by atoms with Crippen LogP contribution in [0.15, 0.2) is 48.8 Å². The van der Waals surface area contributed by atoms with Gasteiger partial charge >= 0.3 is 5.91 Å². The first-order valence-corrected chi connectivity index (χ1v) is 8.80. The van der Waals surface area contributed by atoms with Crippen LogP contribution in [0.1, 0.15) is 57.9 Å². The van der Waals surface area contributed by atoms with Crippen molar-refractivity contribution in [2.75, 3.05) is 4.90 Å². The highest BCUT2D eigenvalue weighted by Gasteiger charge is 2.38. The lowest BCUT2D eigenvalue weighted by atomic mass is 10.1. The molecule has 1 aliphatic heterocycles. The van der Waals surface area contributed by atoms with Crippen molar-refractivity contribution in [3.63, 3.8) is 0 Å². The fraction of sp³-hybridized carbons (Fsp3) is 0.400. The summed E-state index contributed by atoms with van der Waals surface area (Å²) >= 11 is 0. The van der Waals surface area contributed by atoms with Gasteiger partial charge in [0.1, 0.15) is 0 Å². The molecule has 1 amide bonds. The van der Waals surface area contributed by atoms with Crippen molar-refractivity contribution in [3.8, 4) is 0 Å². The standard InChI is InChI=1S/C20H26N2O2/c1-3-5-7-11-15-21-18-14-10-9-13-17(18)19(20(21)23)22(24)16-12-8-6-4-2/h9-16H,3-8H2,1-2H3/b15-11+,16-12+,22-19+. The molecule has 0 saturated heterocycles. The van der Waals surface area contributed by atoms with Gasteiger partial charge in [0.05, 0.1) is 11.3 Å². The van der Waals surface area contributed by atoms with E-state index in [9.17, 15) is 10.0 Å². The molecule has 0 bridgehead atoms. The van der Waals surface area contributed by atoms with Crippen LogP contribution in [-0.4, -0.2) is 16.4 Å². The van der Waals surface area contributed by atoms with Crippen LogP contribution < -0.4 is 4.90 Å². The predicted octanol–water partition coefficient (Wildman–Crippen LogP) is 4.74. The van der Waals surface area contributed by atoms with E-state index in [-0.39, 0.29) is 11.6 Å². The monoisotopic (exact) mass is 326 g/mol. The second-order valence-corrected chi connectivity index (χ2v) is 5.92. The fourth-order valence-corrected chi connectivity index (χ4v) is 2.65. The van der Waals surface area contributed by atoms with Gasteiger partial charge in [-0.05, 0) is 37.5 Å². The lowest BCUT2D eigenvalue weighted by Gasteiger charge is -2.09. The van der Waals surface area contributed by atoms with Crippen LogP contribution in [0.5, 0.6) is 0 Å². The van der Waals surface area contributed by atoms with Gasteiger partial charge in [0.25, 0.3) is 5.71 Å². The quantitative estimate of drug-likeness (QED) is 0.300. The van der Waals surface area contributed by atoms with Crippen molar-refractivity contribution in [2.24, 2.45) is 0 Å². The number of amides is 1. The predicted molar refractivity (Wildman–Crippen MR) is 99.0 cm³/mol. The molecule has 0 radical (unpaired) electrons. The Kier molecular flexibility index (Phi) is 6.79. The molecule has 0 atom stereocenters. The van der Waals surface area contributed by atoms with Crippen LogP contribution in [0.4, 0.5) is 5.69 Å². The van der Waals surface area contributed by atoms with Gasteiger partial charge in [-0.15, -0.1) is 0 Å². The lowest BCUT2D eigenvalue weighted by molar-refractivity contribution is -0.377. The van der Waals surface area contributed by atoms with Crippen molar-refractivity contribution < 1.29 is 9.53 Å². The molecule has 0 unspecified atom stereocenters. The Labute approximate surface area is 144 Å². The smallest absolute Gasteiger partial charge is 0.329 e. The summed E-state index contributed by atoms with van der Waals surface area (Å²) in [6.45, 7) is 4.24. The third-order valence-corrected chi connectivity index (χ3v) is 4.00. The number of anilines is 1. The summed E-state index contributed by atoms with van der Waals surface area (Å²) in [6, 6.07) is 7.44. The molecule has 1 aliphatic rings. The summed E-state index contributed by atoms with van der Waals surface area (Å²) in [6.07, 6.45) is 13.2. The number of allylic oxidation sites excluding steroid dienone is 2. The zero-order valence-corrected chi connectivity index (χ0v) is 14.6. The first kappa shape index (κ1) is 18.0. The number of para-hydroxylation sites is 1. The van der Waals surface area contributed by atoms with Crippen molar-refractivity contribution in [3.05, 3.63) is 59.6 Å². The molecule has 24 heavy (non-hydrogen) atoms. The topological polar surface area (TPSA) is 46.4 Å². The molecule has 4 heteroatoms. The first-order chi connectivity index (χ1) is 11.7. The SMILES string of the molecule is CCCC/C=C/N1C(=O)/C(=[N+]([O-])\C=C\CCCC)c2ccccc21. The number of nitrogens with zero attached hydrogens (tertiary/aromatic N) is 2. The van der Waals surface area contributed by atoms with Crippen molar-refractivity contribution in [1.29, 1.82) is 0 Å². The van der Waals surface area contributed by atoms with Gasteiger partial charge in [-0.25, -0.2) is 0 Å². The maximum Gasteiger partial charge on any atom is 0.329 e. The average Bonchev–Trinajstić information content (AvgIpc) is 2.87. The molecule has 0 N–H and O–H groups in total. The molecule has 0 fully saturated rings. The van der Waals surface area contributed by atoms with Gasteiger partial charge in [0, 0.05) is 6.20 Å². The van der Waals surface area contributed by atoms with E-state index in [4.69, 9.17) is 0 Å². The van der Waals surface area contributed by atoms with E-state index in [0.29, 0.717) is 10.3 Å². The number of carbonyl (C=O) groups is 1. The van der Waals surface area contributed by atoms with E-state index in [1.54, 1.807) is 11.1 Å². The second kappa shape index (κ2) is 9.06. The van der Waals surface area contributed by atoms with Crippen LogP contribution >= 0.6 is 0 Å². The molecule has 4 nitrogen and oxygen atoms in total. The number of unbranched alkanes of at least 4 members (excludes halogenated alkanes) is 4. The average molecular weight is 326 g/mol. The minimum Gasteiger partial charge on any atom is -0.618 e. The highest BCUT2D eigenvalue weighted by Crippen LogP contribution is 2.29. The maximum atomic E-state index is 12.7. The second-order valence-electron chi connectivity index (χ2n) is 5.92. The fourth-order valence-electron chi connectivity index (χ4n) is 2.65. The van der Waals surface area contributed by atoms with Gasteiger partial charge in [-0.3, -0.25) is 9.69 Å². The number of carbonyl (C=O) groups excluding carboxylic acids is 1. The van der Waals surface area contributed by atoms with Crippen molar-refractivity contribution in [2.45, 2.75) is 52.4 Å². The molecule has 0 aliphatic carbocycles. The molecule has 1 aromatic rings. The Balaban J connectivity index is 2.29. The number of fused-ring (bicyclic) bond motifs is 1. The van der Waals surface area contributed by atoms with E-state index in [2.05, 4.69) is 13.8 Å². The summed E-state index contributed by atoms with van der Waals surface area (Å²) < 4.78 is 0.705. The van der Waals surface area contributed by atoms with Crippen LogP contribution in [-0.2, 0) is 4.79 Å². The number of hydroxylamine groups is 1. The minimum atomic E-state index is -0.265. The highest BCUT2D eigenvalue weighted by atomic mass is 16.5. The summed E-state index contributed by atoms with van der Waals surface area (Å²) in [7, 11) is 0. The van der Waals surface area contributed by atoms with E-state index >= 15 is 0 Å². The molecule has 0 spiro atoms. The Morgan fingerprint density at radius 2 is 1.75 bits per heavy atom. The molecule has 128 valence electrons. The van der Waals surface area contributed by atoms with Crippen LogP contribution in [0.2, 0.25) is 0 Å². The Morgan fingerprint density at radius 3 is 2.46 bits per heavy atom. The molecule has 2 rings (SSSR count). The van der Waals surface area contributed by atoms with Gasteiger partial charge < -0.3 is 5.21 Å². The Hall–Kier alpha value is -2.36. The number of hydrogen-bond donors (Lipinski definition) is 0. The Bertz CT molecular complexity index is 659. The van der Waals surface area contributed by atoms with Gasteiger partial charge in [-0.2, -0.15) is 4.74 Å². The molecule has 1 aromatic carbocycles. The maximum absolute atomic E-state index is 12.7. The van der Waals surface area contributed by atoms with E-state index in [0.717, 1.165) is 44.2 Å². The molecule has 1 heterocycles. The van der Waals surface area contributed by atoms with E-state index in [1.807, 2.05) is 36.4 Å². The van der Waals surface area contributed by atoms with E-state index < -0.39 is 0 Å². The summed E-state index contributed by atoms with van der Waals surface area (Å²) in [5, 5.41) is 12.4. The van der Waals surface area contributed by atoms with E-state index in [1.165, 1.54) is 6.20 Å². The summed E-state index contributed by atoms with van der Waals surface area (Å²) in [5.41, 5.74) is 1.66. The zero-order valence-electron chi connectivity index (χ0n) is 14.6. The molecular formula is C20H26N2O2. The number of hydrogen-bond acceptors (Lipinski definition) is 2. The summed E-state index contributed by atoms with van der Waals surface area (Å²) in [4.78, 5) is 14.3. The molecule has 0 saturated carbocycles. The number of benzene rings is 1. The zero-order chi connectivity index (χ0) is 17.4. The molecule has 0 aromatic heterocycles. The van der Waals surface area contributed by atoms with Crippen molar-refractivity contribution in [1.82, 2.24) is 0 Å². The highest BCUT2D eigenvalue weighted by molar-refractivity contribution is 6.53. The van der Waals surface area contributed by atoms with Crippen molar-refractivity contribution >= 4 is 17.3 Å². The molecular weight excluding hydrogens is 300 g/mol. The number of rotatable bonds is 8. The first-order valence-electron chi connectivity index (χ1n) is 8.80. The van der Waals surface area contributed by atoms with Crippen LogP contribution in [0, 0.1) is 5.21 Å². The lowest BCUT2D eigenvalue weighted by Crippen LogP contribution is -2.28. The third-order valence-electron chi connectivity index (χ3n) is 4.00. The third kappa shape index (κ3) is 4.13. The Morgan fingerprint density at radius 1 is 1.08 bits per heavy atom. The van der Waals surface area contributed by atoms with Gasteiger partial charge in [0.2, 0.25) is 0 Å². The van der Waals surface area contributed by atoms with Crippen LogP contribution in [0.3, 0.4) is 0 Å². The largest absolute Gasteiger partial charge is 0.618 e. The minimum absolute atomic E-state index is 0.193. The van der Waals surface area contributed by atoms with Crippen LogP contribution in [0.25, 0.3) is 0 Å². The normalized spacial score (nSPS) is 16.4.